The van der Waals surface area contributed by atoms with Crippen LogP contribution in [0.1, 0.15) is 33.1 Å². The topological polar surface area (TPSA) is 29.5 Å². The highest BCUT2D eigenvalue weighted by Crippen LogP contribution is 2.20. The van der Waals surface area contributed by atoms with Gasteiger partial charge in [0.1, 0.15) is 0 Å². The summed E-state index contributed by atoms with van der Waals surface area (Å²) >= 11 is 0. The normalized spacial score (nSPS) is 20.2. The zero-order valence-electron chi connectivity index (χ0n) is 7.92. The lowest BCUT2D eigenvalue weighted by Gasteiger charge is -2.19. The van der Waals surface area contributed by atoms with Crippen molar-refractivity contribution in [3.63, 3.8) is 0 Å². The molecule has 0 fully saturated rings. The molecule has 0 radical (unpaired) electrons. The van der Waals surface area contributed by atoms with Crippen molar-refractivity contribution in [2.24, 2.45) is 5.92 Å². The summed E-state index contributed by atoms with van der Waals surface area (Å²) < 4.78 is 5.16. The fraction of sp³-hybridized carbons (Fsp3) is 0.800. The summed E-state index contributed by atoms with van der Waals surface area (Å²) in [5.74, 6) is 0.544. The van der Waals surface area contributed by atoms with Crippen LogP contribution in [-0.4, -0.2) is 17.8 Å². The maximum absolute atomic E-state index is 9.70. The minimum absolute atomic E-state index is 0.287. The molecular formula is C10H18O2. The molecule has 0 aromatic carbocycles. The Kier molecular flexibility index (Phi) is 3.60. The molecule has 0 aromatic heterocycles. The van der Waals surface area contributed by atoms with Crippen molar-refractivity contribution in [1.82, 2.24) is 0 Å². The van der Waals surface area contributed by atoms with E-state index in [2.05, 4.69) is 13.8 Å². The molecule has 1 rings (SSSR count). The third-order valence-corrected chi connectivity index (χ3v) is 2.09. The minimum atomic E-state index is -0.287. The van der Waals surface area contributed by atoms with Gasteiger partial charge in [-0.1, -0.05) is 13.8 Å². The van der Waals surface area contributed by atoms with Gasteiger partial charge in [0, 0.05) is 0 Å². The maximum Gasteiger partial charge on any atom is 0.0876 e. The maximum atomic E-state index is 9.70. The van der Waals surface area contributed by atoms with Gasteiger partial charge in [-0.3, -0.25) is 0 Å². The van der Waals surface area contributed by atoms with Crippen LogP contribution in [0.4, 0.5) is 0 Å². The summed E-state index contributed by atoms with van der Waals surface area (Å²) in [7, 11) is 0. The average Bonchev–Trinajstić information content (AvgIpc) is 2.05. The number of hydrogen-bond acceptors (Lipinski definition) is 2. The number of ether oxygens (including phenoxy) is 1. The van der Waals surface area contributed by atoms with Gasteiger partial charge in [-0.2, -0.15) is 0 Å². The third-order valence-electron chi connectivity index (χ3n) is 2.09. The van der Waals surface area contributed by atoms with Crippen molar-refractivity contribution in [2.45, 2.75) is 39.2 Å². The Morgan fingerprint density at radius 3 is 2.83 bits per heavy atom. The first-order chi connectivity index (χ1) is 5.70. The van der Waals surface area contributed by atoms with E-state index in [4.69, 9.17) is 4.74 Å². The van der Waals surface area contributed by atoms with Gasteiger partial charge in [0.05, 0.1) is 19.0 Å². The van der Waals surface area contributed by atoms with Crippen molar-refractivity contribution in [3.8, 4) is 0 Å². The van der Waals surface area contributed by atoms with E-state index in [1.165, 1.54) is 0 Å². The van der Waals surface area contributed by atoms with Crippen LogP contribution in [0.25, 0.3) is 0 Å². The smallest absolute Gasteiger partial charge is 0.0876 e. The van der Waals surface area contributed by atoms with Crippen LogP contribution in [0.2, 0.25) is 0 Å². The minimum Gasteiger partial charge on any atom is -0.501 e. The second-order valence-corrected chi connectivity index (χ2v) is 3.81. The third kappa shape index (κ3) is 2.86. The zero-order chi connectivity index (χ0) is 8.97. The molecule has 1 atom stereocenters. The molecule has 70 valence electrons. The number of hydrogen-bond donors (Lipinski definition) is 1. The van der Waals surface area contributed by atoms with Crippen LogP contribution in [-0.2, 0) is 4.74 Å². The van der Waals surface area contributed by atoms with E-state index < -0.39 is 0 Å². The Hall–Kier alpha value is -0.500. The molecule has 1 heterocycles. The largest absolute Gasteiger partial charge is 0.501 e. The Morgan fingerprint density at radius 1 is 1.58 bits per heavy atom. The molecule has 0 saturated heterocycles. The van der Waals surface area contributed by atoms with Crippen molar-refractivity contribution in [2.75, 3.05) is 6.61 Å². The van der Waals surface area contributed by atoms with Gasteiger partial charge in [-0.05, 0) is 30.8 Å². The molecule has 12 heavy (non-hydrogen) atoms. The van der Waals surface area contributed by atoms with Crippen LogP contribution < -0.4 is 0 Å². The van der Waals surface area contributed by atoms with Gasteiger partial charge >= 0.3 is 0 Å². The van der Waals surface area contributed by atoms with Crippen molar-refractivity contribution in [3.05, 3.63) is 11.8 Å². The fourth-order valence-corrected chi connectivity index (χ4v) is 1.43. The molecular weight excluding hydrogens is 152 g/mol. The molecule has 0 amide bonds. The van der Waals surface area contributed by atoms with Crippen molar-refractivity contribution >= 4 is 0 Å². The predicted molar refractivity (Wildman–Crippen MR) is 48.7 cm³/mol. The summed E-state index contributed by atoms with van der Waals surface area (Å²) in [6, 6.07) is 0. The second kappa shape index (κ2) is 4.51. The molecule has 0 bridgehead atoms. The first kappa shape index (κ1) is 9.59. The first-order valence-corrected chi connectivity index (χ1v) is 4.68. The molecule has 1 aliphatic rings. The number of aliphatic hydroxyl groups excluding tert-OH is 1. The SMILES string of the molecule is CC(C)CC(O)C1=COCCC1. The zero-order valence-corrected chi connectivity index (χ0v) is 7.92. The van der Waals surface area contributed by atoms with Crippen LogP contribution in [0.5, 0.6) is 0 Å². The molecule has 0 spiro atoms. The van der Waals surface area contributed by atoms with Gasteiger partial charge in [-0.15, -0.1) is 0 Å². The van der Waals surface area contributed by atoms with E-state index >= 15 is 0 Å². The van der Waals surface area contributed by atoms with E-state index in [1.54, 1.807) is 6.26 Å². The Bertz CT molecular complexity index is 161. The van der Waals surface area contributed by atoms with Gasteiger partial charge in [0.2, 0.25) is 0 Å². The molecule has 1 N–H and O–H groups in total. The summed E-state index contributed by atoms with van der Waals surface area (Å²) in [6.07, 6.45) is 4.32. The Balaban J connectivity index is 2.39. The quantitative estimate of drug-likeness (QED) is 0.702. The van der Waals surface area contributed by atoms with Gasteiger partial charge in [0.25, 0.3) is 0 Å². The highest BCUT2D eigenvalue weighted by molar-refractivity contribution is 5.06. The van der Waals surface area contributed by atoms with E-state index in [9.17, 15) is 5.11 Å². The lowest BCUT2D eigenvalue weighted by atomic mass is 9.97. The van der Waals surface area contributed by atoms with E-state index in [-0.39, 0.29) is 6.10 Å². The van der Waals surface area contributed by atoms with Gasteiger partial charge in [-0.25, -0.2) is 0 Å². The summed E-state index contributed by atoms with van der Waals surface area (Å²) in [5, 5.41) is 9.70. The molecule has 2 nitrogen and oxygen atoms in total. The van der Waals surface area contributed by atoms with Crippen molar-refractivity contribution in [1.29, 1.82) is 0 Å². The number of rotatable bonds is 3. The van der Waals surface area contributed by atoms with E-state index in [1.807, 2.05) is 0 Å². The highest BCUT2D eigenvalue weighted by Gasteiger charge is 2.15. The fourth-order valence-electron chi connectivity index (χ4n) is 1.43. The lowest BCUT2D eigenvalue weighted by molar-refractivity contribution is 0.151. The van der Waals surface area contributed by atoms with Crippen LogP contribution in [0, 0.1) is 5.92 Å². The Labute approximate surface area is 74.2 Å². The standard InChI is InChI=1S/C10H18O2/c1-8(2)6-10(11)9-4-3-5-12-7-9/h7-8,10-11H,3-6H2,1-2H3. The molecule has 2 heteroatoms. The van der Waals surface area contributed by atoms with E-state index in [0.717, 1.165) is 31.4 Å². The van der Waals surface area contributed by atoms with Crippen LogP contribution in [0.15, 0.2) is 11.8 Å². The Morgan fingerprint density at radius 2 is 2.33 bits per heavy atom. The molecule has 0 aliphatic carbocycles. The monoisotopic (exact) mass is 170 g/mol. The predicted octanol–water partition coefficient (Wildman–Crippen LogP) is 2.09. The molecule has 0 saturated carbocycles. The van der Waals surface area contributed by atoms with Gasteiger partial charge < -0.3 is 9.84 Å². The van der Waals surface area contributed by atoms with Crippen LogP contribution >= 0.6 is 0 Å². The summed E-state index contributed by atoms with van der Waals surface area (Å²) in [6.45, 7) is 5.04. The van der Waals surface area contributed by atoms with Gasteiger partial charge in [0.15, 0.2) is 0 Å². The second-order valence-electron chi connectivity index (χ2n) is 3.81. The summed E-state index contributed by atoms with van der Waals surface area (Å²) in [5.41, 5.74) is 1.06. The van der Waals surface area contributed by atoms with E-state index in [0.29, 0.717) is 5.92 Å². The first-order valence-electron chi connectivity index (χ1n) is 4.68. The summed E-state index contributed by atoms with van der Waals surface area (Å²) in [4.78, 5) is 0. The van der Waals surface area contributed by atoms with Crippen molar-refractivity contribution < 1.29 is 9.84 Å². The number of aliphatic hydroxyl groups is 1. The van der Waals surface area contributed by atoms with Crippen LogP contribution in [0.3, 0.4) is 0 Å². The molecule has 1 unspecified atom stereocenters. The molecule has 0 aromatic rings. The average molecular weight is 170 g/mol. The highest BCUT2D eigenvalue weighted by atomic mass is 16.5. The lowest BCUT2D eigenvalue weighted by Crippen LogP contribution is -2.16. The molecule has 1 aliphatic heterocycles.